The lowest BCUT2D eigenvalue weighted by Crippen LogP contribution is -2.40. The molecule has 1 N–H and O–H groups in total. The van der Waals surface area contributed by atoms with Crippen molar-refractivity contribution >= 4 is 56.7 Å². The van der Waals surface area contributed by atoms with Crippen LogP contribution < -0.4 is 15.1 Å². The molecule has 9 heteroatoms. The minimum Gasteiger partial charge on any atom is -0.371 e. The molecule has 2 saturated heterocycles. The maximum absolute atomic E-state index is 13.9. The summed E-state index contributed by atoms with van der Waals surface area (Å²) in [5.41, 5.74) is 3.62. The normalized spacial score (nSPS) is 20.3. The van der Waals surface area contributed by atoms with Gasteiger partial charge in [-0.1, -0.05) is 6.07 Å². The van der Waals surface area contributed by atoms with Crippen LogP contribution in [-0.2, 0) is 0 Å². The van der Waals surface area contributed by atoms with Gasteiger partial charge in [-0.2, -0.15) is 0 Å². The minimum absolute atomic E-state index is 0.194. The van der Waals surface area contributed by atoms with Crippen molar-refractivity contribution in [2.24, 2.45) is 5.41 Å². The minimum atomic E-state index is -2.66. The van der Waals surface area contributed by atoms with Gasteiger partial charge in [-0.3, -0.25) is 4.79 Å². The molecule has 4 heterocycles. The SMILES string of the molecule is Cc1ccc2cc(NC(=O)c3ccc(I)cc3N3CCC4(CC3)CC4)nc(N3CCC(F)(F)CC3)c2n1. The molecule has 2 aliphatic heterocycles. The Kier molecular flexibility index (Phi) is 6.24. The number of amides is 1. The molecule has 1 aromatic carbocycles. The molecule has 3 aromatic rings. The van der Waals surface area contributed by atoms with Crippen LogP contribution in [0.3, 0.4) is 0 Å². The highest BCUT2D eigenvalue weighted by Crippen LogP contribution is 2.54. The second kappa shape index (κ2) is 9.32. The fourth-order valence-electron chi connectivity index (χ4n) is 5.58. The highest BCUT2D eigenvalue weighted by Gasteiger charge is 2.44. The van der Waals surface area contributed by atoms with Crippen molar-refractivity contribution in [3.63, 3.8) is 0 Å². The molecule has 1 aliphatic carbocycles. The van der Waals surface area contributed by atoms with Crippen LogP contribution in [0, 0.1) is 15.9 Å². The number of benzene rings is 1. The summed E-state index contributed by atoms with van der Waals surface area (Å²) in [5, 5.41) is 3.82. The van der Waals surface area contributed by atoms with E-state index in [0.29, 0.717) is 28.1 Å². The molecule has 1 saturated carbocycles. The van der Waals surface area contributed by atoms with Crippen LogP contribution in [0.15, 0.2) is 36.4 Å². The van der Waals surface area contributed by atoms with Crippen molar-refractivity contribution in [1.29, 1.82) is 0 Å². The number of carbonyl (C=O) groups excluding carboxylic acids is 1. The van der Waals surface area contributed by atoms with E-state index in [9.17, 15) is 13.6 Å². The van der Waals surface area contributed by atoms with Crippen molar-refractivity contribution in [3.05, 3.63) is 51.2 Å². The van der Waals surface area contributed by atoms with E-state index >= 15 is 0 Å². The Morgan fingerprint density at radius 1 is 0.919 bits per heavy atom. The summed E-state index contributed by atoms with van der Waals surface area (Å²) in [7, 11) is 0. The zero-order valence-electron chi connectivity index (χ0n) is 20.9. The van der Waals surface area contributed by atoms with Gasteiger partial charge in [-0.05, 0) is 90.9 Å². The number of halogens is 3. The van der Waals surface area contributed by atoms with Gasteiger partial charge in [-0.25, -0.2) is 18.7 Å². The Hall–Kier alpha value is -2.56. The molecule has 3 aliphatic rings. The van der Waals surface area contributed by atoms with Crippen LogP contribution in [0.25, 0.3) is 10.9 Å². The zero-order chi connectivity index (χ0) is 25.8. The number of alkyl halides is 2. The van der Waals surface area contributed by atoms with E-state index in [-0.39, 0.29) is 31.8 Å². The first-order valence-electron chi connectivity index (χ1n) is 13.0. The molecule has 1 spiro atoms. The number of nitrogens with zero attached hydrogens (tertiary/aromatic N) is 4. The van der Waals surface area contributed by atoms with Gasteiger partial charge >= 0.3 is 0 Å². The number of nitrogens with one attached hydrogen (secondary N) is 1. The molecule has 2 aromatic heterocycles. The fourth-order valence-corrected chi connectivity index (χ4v) is 6.06. The van der Waals surface area contributed by atoms with E-state index in [0.717, 1.165) is 33.4 Å². The molecule has 0 radical (unpaired) electrons. The Morgan fingerprint density at radius 2 is 1.62 bits per heavy atom. The number of anilines is 3. The van der Waals surface area contributed by atoms with E-state index in [1.165, 1.54) is 25.7 Å². The largest absolute Gasteiger partial charge is 0.371 e. The Labute approximate surface area is 229 Å². The van der Waals surface area contributed by atoms with Crippen LogP contribution in [0.5, 0.6) is 0 Å². The average Bonchev–Trinajstić information content (AvgIpc) is 3.63. The van der Waals surface area contributed by atoms with Crippen LogP contribution in [0.4, 0.5) is 26.1 Å². The van der Waals surface area contributed by atoms with E-state index in [4.69, 9.17) is 4.98 Å². The van der Waals surface area contributed by atoms with E-state index < -0.39 is 5.92 Å². The second-order valence-corrected chi connectivity index (χ2v) is 12.0. The van der Waals surface area contributed by atoms with E-state index in [2.05, 4.69) is 43.9 Å². The zero-order valence-corrected chi connectivity index (χ0v) is 23.0. The molecular weight excluding hydrogens is 587 g/mol. The molecule has 37 heavy (non-hydrogen) atoms. The maximum atomic E-state index is 13.9. The molecule has 194 valence electrons. The van der Waals surface area contributed by atoms with Gasteiger partial charge in [0.15, 0.2) is 5.82 Å². The summed E-state index contributed by atoms with van der Waals surface area (Å²) in [6, 6.07) is 11.6. The van der Waals surface area contributed by atoms with Gasteiger partial charge in [0.05, 0.1) is 11.3 Å². The Bertz CT molecular complexity index is 1360. The molecule has 3 fully saturated rings. The summed E-state index contributed by atoms with van der Waals surface area (Å²) in [6.07, 6.45) is 4.58. The third-order valence-corrected chi connectivity index (χ3v) is 8.83. The highest BCUT2D eigenvalue weighted by atomic mass is 127. The lowest BCUT2D eigenvalue weighted by Gasteiger charge is -2.35. The summed E-state index contributed by atoms with van der Waals surface area (Å²) in [5.74, 6) is -1.94. The average molecular weight is 617 g/mol. The molecule has 6 nitrogen and oxygen atoms in total. The van der Waals surface area contributed by atoms with Crippen LogP contribution >= 0.6 is 22.6 Å². The van der Waals surface area contributed by atoms with E-state index in [1.807, 2.05) is 42.2 Å². The van der Waals surface area contributed by atoms with Gasteiger partial charge in [0.1, 0.15) is 11.3 Å². The topological polar surface area (TPSA) is 61.4 Å². The summed E-state index contributed by atoms with van der Waals surface area (Å²) in [6.45, 7) is 4.21. The van der Waals surface area contributed by atoms with Crippen molar-refractivity contribution in [2.45, 2.75) is 51.4 Å². The van der Waals surface area contributed by atoms with Gasteiger partial charge in [-0.15, -0.1) is 0 Å². The smallest absolute Gasteiger partial charge is 0.258 e. The number of aryl methyl sites for hydroxylation is 1. The summed E-state index contributed by atoms with van der Waals surface area (Å²) >= 11 is 2.29. The predicted molar refractivity (Wildman–Crippen MR) is 151 cm³/mol. The number of pyridine rings is 2. The maximum Gasteiger partial charge on any atom is 0.258 e. The third kappa shape index (κ3) is 5.11. The van der Waals surface area contributed by atoms with Crippen molar-refractivity contribution in [1.82, 2.24) is 9.97 Å². The fraction of sp³-hybridized carbons (Fsp3) is 0.464. The lowest BCUT2D eigenvalue weighted by molar-refractivity contribution is -0.0221. The van der Waals surface area contributed by atoms with Gasteiger partial charge in [0.2, 0.25) is 0 Å². The van der Waals surface area contributed by atoms with Crippen molar-refractivity contribution in [2.75, 3.05) is 41.3 Å². The van der Waals surface area contributed by atoms with E-state index in [1.54, 1.807) is 0 Å². The first-order valence-corrected chi connectivity index (χ1v) is 14.1. The van der Waals surface area contributed by atoms with Crippen molar-refractivity contribution in [3.8, 4) is 0 Å². The second-order valence-electron chi connectivity index (χ2n) is 10.8. The molecule has 0 bridgehead atoms. The van der Waals surface area contributed by atoms with Crippen molar-refractivity contribution < 1.29 is 13.6 Å². The number of hydrogen-bond donors (Lipinski definition) is 1. The molecule has 0 unspecified atom stereocenters. The number of piperidine rings is 2. The molecule has 6 rings (SSSR count). The standard InChI is InChI=1S/C28H30F2IN5O/c1-18-2-3-19-16-23(33-25(24(19)32-18)36-14-10-28(29,30)11-15-36)34-26(37)21-5-4-20(31)17-22(21)35-12-8-27(6-7-27)9-13-35/h2-5,16-17H,6-15H2,1H3,(H,33,34,37). The van der Waals surface area contributed by atoms with Crippen LogP contribution in [0.1, 0.15) is 54.6 Å². The molecular formula is C28H30F2IN5O. The predicted octanol–water partition coefficient (Wildman–Crippen LogP) is 6.41. The van der Waals surface area contributed by atoms with Gasteiger partial charge in [0.25, 0.3) is 11.8 Å². The summed E-state index contributed by atoms with van der Waals surface area (Å²) < 4.78 is 28.8. The first kappa shape index (κ1) is 24.8. The summed E-state index contributed by atoms with van der Waals surface area (Å²) in [4.78, 5) is 27.2. The number of carbonyl (C=O) groups is 1. The lowest BCUT2D eigenvalue weighted by atomic mass is 9.93. The number of aromatic nitrogens is 2. The molecule has 1 amide bonds. The van der Waals surface area contributed by atoms with Gasteiger partial charge < -0.3 is 15.1 Å². The van der Waals surface area contributed by atoms with Crippen LogP contribution in [0.2, 0.25) is 0 Å². The Morgan fingerprint density at radius 3 is 2.32 bits per heavy atom. The monoisotopic (exact) mass is 617 g/mol. The quantitative estimate of drug-likeness (QED) is 0.343. The third-order valence-electron chi connectivity index (χ3n) is 8.16. The Balaban J connectivity index is 1.30. The van der Waals surface area contributed by atoms with Crippen LogP contribution in [-0.4, -0.2) is 48.0 Å². The van der Waals surface area contributed by atoms with Gasteiger partial charge in [0, 0.05) is 53.7 Å². The first-order chi connectivity index (χ1) is 17.7. The number of rotatable bonds is 4. The number of hydrogen-bond acceptors (Lipinski definition) is 5. The highest BCUT2D eigenvalue weighted by molar-refractivity contribution is 14.1. The number of fused-ring (bicyclic) bond motifs is 1. The molecule has 0 atom stereocenters.